The Labute approximate surface area is 206 Å². The highest BCUT2D eigenvalue weighted by Gasteiger charge is 2.54. The van der Waals surface area contributed by atoms with Crippen molar-refractivity contribution in [3.8, 4) is 17.1 Å². The average Bonchev–Trinajstić information content (AvgIpc) is 3.44. The van der Waals surface area contributed by atoms with Gasteiger partial charge in [0, 0.05) is 42.1 Å². The van der Waals surface area contributed by atoms with Crippen LogP contribution in [0.5, 0.6) is 5.88 Å². The molecule has 0 bridgehead atoms. The summed E-state index contributed by atoms with van der Waals surface area (Å²) in [7, 11) is 1.42. The fraction of sp³-hybridized carbons (Fsp3) is 0.583. The van der Waals surface area contributed by atoms with Crippen LogP contribution in [0.2, 0.25) is 0 Å². The van der Waals surface area contributed by atoms with Crippen LogP contribution >= 0.6 is 0 Å². The summed E-state index contributed by atoms with van der Waals surface area (Å²) in [5.41, 5.74) is 0.216. The Morgan fingerprint density at radius 1 is 1.28 bits per heavy atom. The molecule has 2 aromatic heterocycles. The van der Waals surface area contributed by atoms with Gasteiger partial charge < -0.3 is 20.3 Å². The number of rotatable bonds is 6. The Kier molecular flexibility index (Phi) is 6.39. The van der Waals surface area contributed by atoms with Crippen molar-refractivity contribution in [1.29, 1.82) is 0 Å². The number of halogens is 3. The van der Waals surface area contributed by atoms with E-state index < -0.39 is 23.2 Å². The van der Waals surface area contributed by atoms with Crippen molar-refractivity contribution in [1.82, 2.24) is 30.7 Å². The summed E-state index contributed by atoms with van der Waals surface area (Å²) in [5.74, 6) is -4.90. The lowest BCUT2D eigenvalue weighted by molar-refractivity contribution is -0.128. The van der Waals surface area contributed by atoms with Gasteiger partial charge in [0.05, 0.1) is 25.5 Å². The smallest absolute Gasteiger partial charge is 0.272 e. The molecule has 12 heteroatoms. The third kappa shape index (κ3) is 4.65. The molecule has 1 aliphatic carbocycles. The summed E-state index contributed by atoms with van der Waals surface area (Å²) in [6, 6.07) is 2.90. The van der Waals surface area contributed by atoms with Gasteiger partial charge >= 0.3 is 0 Å². The van der Waals surface area contributed by atoms with Crippen LogP contribution < -0.4 is 15.4 Å². The van der Waals surface area contributed by atoms with E-state index in [1.54, 1.807) is 4.90 Å². The van der Waals surface area contributed by atoms with Gasteiger partial charge in [-0.25, -0.2) is 18.2 Å². The van der Waals surface area contributed by atoms with Crippen molar-refractivity contribution in [2.45, 2.75) is 43.6 Å². The highest BCUT2D eigenvalue weighted by atomic mass is 19.3. The molecule has 3 N–H and O–H groups in total. The summed E-state index contributed by atoms with van der Waals surface area (Å²) in [5, 5.41) is 12.2. The molecule has 2 saturated heterocycles. The second-order valence-electron chi connectivity index (χ2n) is 9.91. The van der Waals surface area contributed by atoms with E-state index >= 15 is 0 Å². The van der Waals surface area contributed by atoms with E-state index in [4.69, 9.17) is 4.74 Å². The van der Waals surface area contributed by atoms with Gasteiger partial charge in [0.15, 0.2) is 5.82 Å². The molecule has 3 fully saturated rings. The van der Waals surface area contributed by atoms with Crippen LogP contribution in [0, 0.1) is 17.7 Å². The van der Waals surface area contributed by atoms with Crippen molar-refractivity contribution in [2.75, 3.05) is 33.3 Å². The van der Waals surface area contributed by atoms with E-state index in [1.165, 1.54) is 19.2 Å². The summed E-state index contributed by atoms with van der Waals surface area (Å²) < 4.78 is 47.5. The van der Waals surface area contributed by atoms with Gasteiger partial charge in [-0.1, -0.05) is 0 Å². The first-order valence-electron chi connectivity index (χ1n) is 12.2. The standard InChI is InChI=1S/C24H29F3N6O3/c1-36-20-8-16(17(25)12-29-20)18-9-19(32-31-18)22(35)33-7-3-14(10-23(33)4-5-23)21(34)30-11-15-2-6-28-13-24(15,26)27/h8-9,12,14-15,28H,2-7,10-11,13H2,1H3,(H,30,34)(H,31,32). The number of pyridine rings is 1. The molecule has 2 amide bonds. The number of amides is 2. The molecule has 0 aromatic carbocycles. The number of nitrogens with one attached hydrogen (secondary N) is 3. The Bertz CT molecular complexity index is 1150. The summed E-state index contributed by atoms with van der Waals surface area (Å²) in [4.78, 5) is 31.7. The summed E-state index contributed by atoms with van der Waals surface area (Å²) >= 11 is 0. The number of hydrogen-bond donors (Lipinski definition) is 3. The van der Waals surface area contributed by atoms with Crippen molar-refractivity contribution in [2.24, 2.45) is 11.8 Å². The molecular weight excluding hydrogens is 477 g/mol. The van der Waals surface area contributed by atoms with E-state index in [-0.39, 0.29) is 53.7 Å². The molecule has 9 nitrogen and oxygen atoms in total. The Morgan fingerprint density at radius 3 is 2.81 bits per heavy atom. The Hall–Kier alpha value is -3.15. The molecule has 2 unspecified atom stereocenters. The van der Waals surface area contributed by atoms with E-state index in [0.717, 1.165) is 19.0 Å². The lowest BCUT2D eigenvalue weighted by Crippen LogP contribution is -2.53. The number of hydrogen-bond acceptors (Lipinski definition) is 6. The second-order valence-corrected chi connectivity index (χ2v) is 9.91. The van der Waals surface area contributed by atoms with Crippen LogP contribution in [0.25, 0.3) is 11.3 Å². The van der Waals surface area contributed by atoms with Crippen LogP contribution in [0.4, 0.5) is 13.2 Å². The van der Waals surface area contributed by atoms with Crippen molar-refractivity contribution >= 4 is 11.8 Å². The minimum absolute atomic E-state index is 0.0487. The minimum Gasteiger partial charge on any atom is -0.481 e. The predicted octanol–water partition coefficient (Wildman–Crippen LogP) is 2.37. The number of carbonyl (C=O) groups excluding carboxylic acids is 2. The average molecular weight is 507 g/mol. The fourth-order valence-electron chi connectivity index (χ4n) is 5.30. The number of H-pyrrole nitrogens is 1. The monoisotopic (exact) mass is 506 g/mol. The van der Waals surface area contributed by atoms with Gasteiger partial charge in [-0.2, -0.15) is 5.10 Å². The molecule has 3 aliphatic rings. The highest BCUT2D eigenvalue weighted by Crippen LogP contribution is 2.50. The molecule has 2 aromatic rings. The SMILES string of the molecule is COc1cc(-c2cc(C(=O)N3CCC(C(=O)NCC4CCNCC4(F)F)CC34CC4)[nH]n2)c(F)cn1. The number of ether oxygens (including phenoxy) is 1. The van der Waals surface area contributed by atoms with E-state index in [0.29, 0.717) is 32.4 Å². The van der Waals surface area contributed by atoms with Gasteiger partial charge in [0.2, 0.25) is 11.8 Å². The third-order valence-electron chi connectivity index (χ3n) is 7.62. The number of nitrogens with zero attached hydrogens (tertiary/aromatic N) is 3. The quantitative estimate of drug-likeness (QED) is 0.555. The summed E-state index contributed by atoms with van der Waals surface area (Å²) in [6.45, 7) is 0.462. The maximum atomic E-state index is 14.3. The normalized spacial score (nSPS) is 24.4. The number of likely N-dealkylation sites (tertiary alicyclic amines) is 1. The fourth-order valence-corrected chi connectivity index (χ4v) is 5.30. The van der Waals surface area contributed by atoms with Crippen LogP contribution in [-0.4, -0.2) is 76.6 Å². The zero-order valence-corrected chi connectivity index (χ0v) is 20.0. The molecule has 5 rings (SSSR count). The van der Waals surface area contributed by atoms with Crippen molar-refractivity contribution < 1.29 is 27.5 Å². The first kappa shape index (κ1) is 24.5. The Morgan fingerprint density at radius 2 is 2.08 bits per heavy atom. The van der Waals surface area contributed by atoms with Crippen LogP contribution in [0.3, 0.4) is 0 Å². The largest absolute Gasteiger partial charge is 0.481 e. The number of aromatic nitrogens is 3. The van der Waals surface area contributed by atoms with E-state index in [2.05, 4.69) is 25.8 Å². The molecule has 2 atom stereocenters. The molecule has 1 saturated carbocycles. The van der Waals surface area contributed by atoms with Gasteiger partial charge in [-0.05, 0) is 44.7 Å². The van der Waals surface area contributed by atoms with E-state index in [1.807, 2.05) is 0 Å². The maximum absolute atomic E-state index is 14.3. The maximum Gasteiger partial charge on any atom is 0.272 e. The molecule has 1 spiro atoms. The third-order valence-corrected chi connectivity index (χ3v) is 7.62. The predicted molar refractivity (Wildman–Crippen MR) is 123 cm³/mol. The van der Waals surface area contributed by atoms with Gasteiger partial charge in [-0.15, -0.1) is 0 Å². The second kappa shape index (κ2) is 9.38. The Balaban J connectivity index is 1.22. The van der Waals surface area contributed by atoms with Crippen LogP contribution in [0.15, 0.2) is 18.3 Å². The molecule has 194 valence electrons. The number of carbonyl (C=O) groups is 2. The zero-order valence-electron chi connectivity index (χ0n) is 20.0. The topological polar surface area (TPSA) is 112 Å². The van der Waals surface area contributed by atoms with Gasteiger partial charge in [0.25, 0.3) is 11.8 Å². The molecular formula is C24H29F3N6O3. The van der Waals surface area contributed by atoms with Crippen molar-refractivity contribution in [3.05, 3.63) is 29.8 Å². The molecule has 0 radical (unpaired) electrons. The van der Waals surface area contributed by atoms with Gasteiger partial charge in [0.1, 0.15) is 5.69 Å². The van der Waals surface area contributed by atoms with E-state index in [9.17, 15) is 22.8 Å². The lowest BCUT2D eigenvalue weighted by Gasteiger charge is -2.39. The molecule has 2 aliphatic heterocycles. The highest BCUT2D eigenvalue weighted by molar-refractivity contribution is 5.94. The zero-order chi connectivity index (χ0) is 25.5. The lowest BCUT2D eigenvalue weighted by atomic mass is 9.87. The number of alkyl halides is 2. The van der Waals surface area contributed by atoms with Crippen LogP contribution in [-0.2, 0) is 4.79 Å². The number of aromatic amines is 1. The number of methoxy groups -OCH3 is 1. The van der Waals surface area contributed by atoms with Gasteiger partial charge in [-0.3, -0.25) is 14.7 Å². The number of piperidine rings is 2. The minimum atomic E-state index is -2.84. The summed E-state index contributed by atoms with van der Waals surface area (Å²) in [6.07, 6.45) is 3.82. The first-order chi connectivity index (χ1) is 17.2. The first-order valence-corrected chi connectivity index (χ1v) is 12.2. The van der Waals surface area contributed by atoms with Crippen molar-refractivity contribution in [3.63, 3.8) is 0 Å². The molecule has 4 heterocycles. The molecule has 36 heavy (non-hydrogen) atoms. The van der Waals surface area contributed by atoms with Crippen LogP contribution in [0.1, 0.15) is 42.6 Å².